The molecular formula is C17H23N3O2S. The third kappa shape index (κ3) is 4.58. The van der Waals surface area contributed by atoms with Crippen LogP contribution in [0.3, 0.4) is 0 Å². The van der Waals surface area contributed by atoms with Crippen molar-refractivity contribution in [2.24, 2.45) is 4.99 Å². The molecule has 2 atom stereocenters. The van der Waals surface area contributed by atoms with Crippen molar-refractivity contribution in [2.75, 3.05) is 5.32 Å². The van der Waals surface area contributed by atoms with Gasteiger partial charge in [-0.15, -0.1) is 0 Å². The minimum absolute atomic E-state index is 0.143. The molecule has 1 aliphatic rings. The first-order valence-corrected chi connectivity index (χ1v) is 8.70. The van der Waals surface area contributed by atoms with Crippen LogP contribution < -0.4 is 10.6 Å². The van der Waals surface area contributed by atoms with Crippen LogP contribution in [-0.4, -0.2) is 28.3 Å². The second kappa shape index (κ2) is 7.64. The summed E-state index contributed by atoms with van der Waals surface area (Å²) in [5.41, 5.74) is 2.86. The van der Waals surface area contributed by atoms with Crippen molar-refractivity contribution < 1.29 is 9.59 Å². The van der Waals surface area contributed by atoms with Crippen LogP contribution in [0.2, 0.25) is 0 Å². The fourth-order valence-corrected chi connectivity index (χ4v) is 3.33. The zero-order valence-electron chi connectivity index (χ0n) is 14.0. The van der Waals surface area contributed by atoms with Gasteiger partial charge in [0.1, 0.15) is 5.25 Å². The predicted molar refractivity (Wildman–Crippen MR) is 95.9 cm³/mol. The standard InChI is InChI=1S/C17H23N3O2S/c1-5-12(4)18-17-20-16(22)13(23-17)9-14(21)19-15-10(2)7-6-8-11(15)3/h6-8,12-13H,5,9H2,1-4H3,(H,19,21)(H,18,20,22)/t12-,13+/m1/s1. The summed E-state index contributed by atoms with van der Waals surface area (Å²) >= 11 is 1.34. The minimum atomic E-state index is -0.415. The number of thioether (sulfide) groups is 1. The average Bonchev–Trinajstić information content (AvgIpc) is 2.82. The molecule has 1 fully saturated rings. The first kappa shape index (κ1) is 17.5. The Kier molecular flexibility index (Phi) is 5.82. The van der Waals surface area contributed by atoms with Gasteiger partial charge in [0.2, 0.25) is 11.8 Å². The van der Waals surface area contributed by atoms with E-state index in [9.17, 15) is 9.59 Å². The van der Waals surface area contributed by atoms with Crippen molar-refractivity contribution in [3.63, 3.8) is 0 Å². The van der Waals surface area contributed by atoms with Crippen LogP contribution in [0.25, 0.3) is 0 Å². The van der Waals surface area contributed by atoms with E-state index in [1.165, 1.54) is 11.8 Å². The van der Waals surface area contributed by atoms with E-state index in [1.807, 2.05) is 45.9 Å². The van der Waals surface area contributed by atoms with E-state index in [-0.39, 0.29) is 24.3 Å². The molecule has 0 saturated carbocycles. The van der Waals surface area contributed by atoms with Crippen LogP contribution in [0.1, 0.15) is 37.8 Å². The highest BCUT2D eigenvalue weighted by atomic mass is 32.2. The Balaban J connectivity index is 1.98. The van der Waals surface area contributed by atoms with Gasteiger partial charge >= 0.3 is 0 Å². The SMILES string of the molecule is CC[C@@H](C)N=C1NC(=O)[C@H](CC(=O)Nc2c(C)cccc2C)S1. The molecule has 124 valence electrons. The molecule has 2 N–H and O–H groups in total. The summed E-state index contributed by atoms with van der Waals surface area (Å²) in [6.07, 6.45) is 1.06. The Hall–Kier alpha value is -1.82. The Bertz CT molecular complexity index is 622. The lowest BCUT2D eigenvalue weighted by atomic mass is 10.1. The largest absolute Gasteiger partial charge is 0.326 e. The first-order chi connectivity index (χ1) is 10.9. The number of nitrogens with one attached hydrogen (secondary N) is 2. The van der Waals surface area contributed by atoms with Gasteiger partial charge in [-0.3, -0.25) is 14.6 Å². The fraction of sp³-hybridized carbons (Fsp3) is 0.471. The summed E-state index contributed by atoms with van der Waals surface area (Å²) in [6, 6.07) is 6.03. The third-order valence-electron chi connectivity index (χ3n) is 3.82. The van der Waals surface area contributed by atoms with E-state index < -0.39 is 5.25 Å². The van der Waals surface area contributed by atoms with E-state index >= 15 is 0 Å². The molecule has 1 heterocycles. The summed E-state index contributed by atoms with van der Waals surface area (Å²) in [5, 5.41) is 5.88. The highest BCUT2D eigenvalue weighted by Crippen LogP contribution is 2.25. The number of benzene rings is 1. The maximum Gasteiger partial charge on any atom is 0.240 e. The van der Waals surface area contributed by atoms with Crippen molar-refractivity contribution >= 4 is 34.4 Å². The molecule has 2 amide bonds. The second-order valence-corrected chi connectivity index (χ2v) is 7.00. The third-order valence-corrected chi connectivity index (χ3v) is 4.92. The van der Waals surface area contributed by atoms with Gasteiger partial charge in [0, 0.05) is 18.2 Å². The maximum atomic E-state index is 12.3. The normalized spacial score (nSPS) is 20.4. The smallest absolute Gasteiger partial charge is 0.240 e. The Morgan fingerprint density at radius 1 is 1.39 bits per heavy atom. The van der Waals surface area contributed by atoms with Crippen LogP contribution in [0.5, 0.6) is 0 Å². The summed E-state index contributed by atoms with van der Waals surface area (Å²) in [6.45, 7) is 7.96. The van der Waals surface area contributed by atoms with Crippen molar-refractivity contribution in [2.45, 2.75) is 51.8 Å². The van der Waals surface area contributed by atoms with Gasteiger partial charge in [-0.1, -0.05) is 36.9 Å². The lowest BCUT2D eigenvalue weighted by molar-refractivity contribution is -0.122. The van der Waals surface area contributed by atoms with Crippen LogP contribution in [0.15, 0.2) is 23.2 Å². The molecule has 6 heteroatoms. The Labute approximate surface area is 141 Å². The fourth-order valence-electron chi connectivity index (χ4n) is 2.26. The number of hydrogen-bond acceptors (Lipinski definition) is 4. The molecule has 0 unspecified atom stereocenters. The summed E-state index contributed by atoms with van der Waals surface area (Å²) in [5.74, 6) is -0.298. The predicted octanol–water partition coefficient (Wildman–Crippen LogP) is 3.02. The number of nitrogens with zero attached hydrogens (tertiary/aromatic N) is 1. The molecule has 1 aromatic carbocycles. The van der Waals surface area contributed by atoms with Gasteiger partial charge < -0.3 is 10.6 Å². The minimum Gasteiger partial charge on any atom is -0.326 e. The van der Waals surface area contributed by atoms with Crippen LogP contribution in [-0.2, 0) is 9.59 Å². The maximum absolute atomic E-state index is 12.3. The molecule has 1 saturated heterocycles. The van der Waals surface area contributed by atoms with E-state index in [2.05, 4.69) is 15.6 Å². The molecule has 1 aliphatic heterocycles. The zero-order chi connectivity index (χ0) is 17.0. The molecule has 5 nitrogen and oxygen atoms in total. The number of rotatable bonds is 5. The number of aliphatic imine (C=N–C) groups is 1. The molecular weight excluding hydrogens is 310 g/mol. The van der Waals surface area contributed by atoms with Crippen molar-refractivity contribution in [3.8, 4) is 0 Å². The number of para-hydroxylation sites is 1. The number of anilines is 1. The molecule has 0 spiro atoms. The van der Waals surface area contributed by atoms with Gasteiger partial charge in [-0.25, -0.2) is 0 Å². The number of amides is 2. The number of amidine groups is 1. The number of aryl methyl sites for hydroxylation is 2. The summed E-state index contributed by atoms with van der Waals surface area (Å²) in [7, 11) is 0. The van der Waals surface area contributed by atoms with E-state index in [4.69, 9.17) is 0 Å². The van der Waals surface area contributed by atoms with E-state index in [0.717, 1.165) is 23.2 Å². The Morgan fingerprint density at radius 3 is 2.65 bits per heavy atom. The van der Waals surface area contributed by atoms with Gasteiger partial charge in [0.25, 0.3) is 0 Å². The average molecular weight is 333 g/mol. The molecule has 0 radical (unpaired) electrons. The van der Waals surface area contributed by atoms with Crippen molar-refractivity contribution in [1.82, 2.24) is 5.32 Å². The van der Waals surface area contributed by atoms with Crippen LogP contribution in [0.4, 0.5) is 5.69 Å². The van der Waals surface area contributed by atoms with Gasteiger partial charge in [-0.2, -0.15) is 0 Å². The molecule has 23 heavy (non-hydrogen) atoms. The second-order valence-electron chi connectivity index (χ2n) is 5.81. The number of carbonyl (C=O) groups excluding carboxylic acids is 2. The lowest BCUT2D eigenvalue weighted by Crippen LogP contribution is -2.28. The Morgan fingerprint density at radius 2 is 2.04 bits per heavy atom. The van der Waals surface area contributed by atoms with Gasteiger partial charge in [-0.05, 0) is 38.3 Å². The quantitative estimate of drug-likeness (QED) is 0.870. The van der Waals surface area contributed by atoms with Crippen molar-refractivity contribution in [1.29, 1.82) is 0 Å². The molecule has 0 aromatic heterocycles. The van der Waals surface area contributed by atoms with E-state index in [0.29, 0.717) is 5.17 Å². The summed E-state index contributed by atoms with van der Waals surface area (Å²) in [4.78, 5) is 28.7. The van der Waals surface area contributed by atoms with Crippen LogP contribution >= 0.6 is 11.8 Å². The van der Waals surface area contributed by atoms with Gasteiger partial charge in [0.05, 0.1) is 0 Å². The first-order valence-electron chi connectivity index (χ1n) is 7.82. The number of hydrogen-bond donors (Lipinski definition) is 2. The molecule has 0 aliphatic carbocycles. The van der Waals surface area contributed by atoms with Gasteiger partial charge in [0.15, 0.2) is 5.17 Å². The zero-order valence-corrected chi connectivity index (χ0v) is 14.8. The highest BCUT2D eigenvalue weighted by molar-refractivity contribution is 8.15. The monoisotopic (exact) mass is 333 g/mol. The number of carbonyl (C=O) groups is 2. The highest BCUT2D eigenvalue weighted by Gasteiger charge is 2.32. The van der Waals surface area contributed by atoms with Crippen molar-refractivity contribution in [3.05, 3.63) is 29.3 Å². The molecule has 2 rings (SSSR count). The molecule has 0 bridgehead atoms. The summed E-state index contributed by atoms with van der Waals surface area (Å²) < 4.78 is 0. The topological polar surface area (TPSA) is 70.6 Å². The van der Waals surface area contributed by atoms with Crippen LogP contribution in [0, 0.1) is 13.8 Å². The van der Waals surface area contributed by atoms with E-state index in [1.54, 1.807) is 0 Å². The lowest BCUT2D eigenvalue weighted by Gasteiger charge is -2.12. The molecule has 1 aromatic rings.